The van der Waals surface area contributed by atoms with Gasteiger partial charge in [0.1, 0.15) is 11.9 Å². The number of fused-ring (bicyclic) bond motifs is 6. The lowest BCUT2D eigenvalue weighted by Crippen LogP contribution is -2.22. The van der Waals surface area contributed by atoms with Crippen molar-refractivity contribution in [1.29, 1.82) is 0 Å². The normalized spacial score (nSPS) is 14.4. The molecule has 1 aliphatic heterocycles. The van der Waals surface area contributed by atoms with Gasteiger partial charge in [-0.15, -0.1) is 5.10 Å². The average Bonchev–Trinajstić information content (AvgIpc) is 3.33. The summed E-state index contributed by atoms with van der Waals surface area (Å²) in [6, 6.07) is 22.9. The minimum atomic E-state index is -0.543. The summed E-state index contributed by atoms with van der Waals surface area (Å²) in [6.07, 6.45) is 1.58. The molecule has 1 aliphatic rings. The van der Waals surface area contributed by atoms with Gasteiger partial charge < -0.3 is 9.15 Å². The highest BCUT2D eigenvalue weighted by molar-refractivity contribution is 9.10. The molecule has 0 saturated carbocycles. The van der Waals surface area contributed by atoms with E-state index in [0.717, 1.165) is 20.1 Å². The quantitative estimate of drug-likeness (QED) is 0.205. The Labute approximate surface area is 220 Å². The van der Waals surface area contributed by atoms with Gasteiger partial charge in [0.25, 0.3) is 0 Å². The molecule has 36 heavy (non-hydrogen) atoms. The second kappa shape index (κ2) is 8.11. The zero-order valence-corrected chi connectivity index (χ0v) is 21.5. The Morgan fingerprint density at radius 2 is 1.67 bits per heavy atom. The summed E-state index contributed by atoms with van der Waals surface area (Å²) < 4.78 is 15.5. The van der Waals surface area contributed by atoms with Crippen LogP contribution in [-0.4, -0.2) is 19.6 Å². The lowest BCUT2D eigenvalue weighted by atomic mass is 9.84. The molecule has 1 atom stereocenters. The Morgan fingerprint density at radius 1 is 0.889 bits per heavy atom. The molecule has 0 fully saturated rings. The molecule has 7 nitrogen and oxygen atoms in total. The van der Waals surface area contributed by atoms with Gasteiger partial charge in [-0.3, -0.25) is 0 Å². The molecule has 174 valence electrons. The summed E-state index contributed by atoms with van der Waals surface area (Å²) in [5.41, 5.74) is 3.31. The van der Waals surface area contributed by atoms with Gasteiger partial charge in [0.2, 0.25) is 5.88 Å². The van der Waals surface area contributed by atoms with Crippen molar-refractivity contribution in [3.63, 3.8) is 0 Å². The van der Waals surface area contributed by atoms with E-state index in [1.54, 1.807) is 16.9 Å². The molecule has 3 aromatic carbocycles. The Morgan fingerprint density at radius 3 is 2.50 bits per heavy atom. The minimum Gasteiger partial charge on any atom is -0.437 e. The summed E-state index contributed by atoms with van der Waals surface area (Å²) in [4.78, 5) is 22.9. The molecule has 0 bridgehead atoms. The van der Waals surface area contributed by atoms with Gasteiger partial charge in [0.05, 0.1) is 22.4 Å². The first kappa shape index (κ1) is 21.5. The molecule has 0 saturated heterocycles. The lowest BCUT2D eigenvalue weighted by molar-refractivity contribution is 0.422. The van der Waals surface area contributed by atoms with Crippen molar-refractivity contribution < 1.29 is 9.15 Å². The number of aromatic nitrogens is 4. The highest BCUT2D eigenvalue weighted by Gasteiger charge is 2.38. The Kier molecular flexibility index (Phi) is 4.83. The highest BCUT2D eigenvalue weighted by Crippen LogP contribution is 2.50. The van der Waals surface area contributed by atoms with Crippen LogP contribution in [0.1, 0.15) is 22.6 Å². The number of hydrogen-bond donors (Lipinski definition) is 0. The van der Waals surface area contributed by atoms with Crippen molar-refractivity contribution >= 4 is 48.5 Å². The topological polar surface area (TPSA) is 82.5 Å². The van der Waals surface area contributed by atoms with E-state index in [1.807, 2.05) is 66.7 Å². The number of halogens is 2. The summed E-state index contributed by atoms with van der Waals surface area (Å²) in [5.74, 6) is 0.819. The number of rotatable bonds is 2. The van der Waals surface area contributed by atoms with E-state index in [9.17, 15) is 4.79 Å². The highest BCUT2D eigenvalue weighted by atomic mass is 79.9. The van der Waals surface area contributed by atoms with Crippen LogP contribution in [0.25, 0.3) is 28.0 Å². The molecule has 6 aromatic rings. The molecule has 0 amide bonds. The van der Waals surface area contributed by atoms with Crippen molar-refractivity contribution in [2.45, 2.75) is 5.92 Å². The first-order valence-corrected chi connectivity index (χ1v) is 12.7. The number of nitrogens with zero attached hydrogens (tertiary/aromatic N) is 4. The molecule has 4 heterocycles. The molecule has 0 N–H and O–H groups in total. The molecule has 3 aromatic heterocycles. The number of para-hydroxylation sites is 1. The van der Waals surface area contributed by atoms with Crippen LogP contribution in [0.4, 0.5) is 0 Å². The molecule has 9 heteroatoms. The third-order valence-corrected chi connectivity index (χ3v) is 7.53. The predicted octanol–water partition coefficient (Wildman–Crippen LogP) is 6.71. The van der Waals surface area contributed by atoms with E-state index in [0.29, 0.717) is 45.2 Å². The fourth-order valence-electron chi connectivity index (χ4n) is 4.67. The summed E-state index contributed by atoms with van der Waals surface area (Å²) >= 11 is 7.15. The summed E-state index contributed by atoms with van der Waals surface area (Å²) in [5, 5.41) is 5.36. The molecule has 0 radical (unpaired) electrons. The van der Waals surface area contributed by atoms with E-state index in [4.69, 9.17) is 14.1 Å². The van der Waals surface area contributed by atoms with Crippen LogP contribution < -0.4 is 10.4 Å². The zero-order chi connectivity index (χ0) is 24.4. The van der Waals surface area contributed by atoms with Crippen molar-refractivity contribution in [2.75, 3.05) is 0 Å². The van der Waals surface area contributed by atoms with Gasteiger partial charge in [-0.2, -0.15) is 0 Å². The number of ether oxygens (including phenoxy) is 1. The van der Waals surface area contributed by atoms with Gasteiger partial charge >= 0.3 is 5.63 Å². The standard InChI is InChI=1S/C27H14Br2N4O3/c28-15-11-9-14(10-12-15)24-31-25-22-20(16-5-1-3-7-18(16)29)21-23(36-26(22)30-13-33(25)32-24)17-6-2-4-8-19(17)35-27(21)34/h1-13,20H. The molecule has 0 aliphatic carbocycles. The maximum absolute atomic E-state index is 13.4. The molecule has 1 unspecified atom stereocenters. The fourth-order valence-corrected chi connectivity index (χ4v) is 5.45. The molecule has 0 spiro atoms. The Balaban J connectivity index is 1.56. The van der Waals surface area contributed by atoms with Gasteiger partial charge in [0.15, 0.2) is 17.2 Å². The van der Waals surface area contributed by atoms with E-state index < -0.39 is 11.5 Å². The van der Waals surface area contributed by atoms with Crippen LogP contribution >= 0.6 is 31.9 Å². The van der Waals surface area contributed by atoms with E-state index >= 15 is 0 Å². The Bertz CT molecular complexity index is 1880. The van der Waals surface area contributed by atoms with Crippen LogP contribution in [0.5, 0.6) is 11.6 Å². The van der Waals surface area contributed by atoms with Crippen LogP contribution in [0.15, 0.2) is 97.3 Å². The van der Waals surface area contributed by atoms with Crippen LogP contribution in [-0.2, 0) is 0 Å². The second-order valence-corrected chi connectivity index (χ2v) is 10.1. The fraction of sp³-hybridized carbons (Fsp3) is 0.0370. The zero-order valence-electron chi connectivity index (χ0n) is 18.4. The maximum atomic E-state index is 13.4. The van der Waals surface area contributed by atoms with E-state index in [2.05, 4.69) is 41.9 Å². The smallest absolute Gasteiger partial charge is 0.344 e. The molecular weight excluding hydrogens is 588 g/mol. The molecular formula is C27H14Br2N4O3. The molecule has 7 rings (SSSR count). The van der Waals surface area contributed by atoms with Gasteiger partial charge in [-0.25, -0.2) is 19.3 Å². The van der Waals surface area contributed by atoms with Crippen molar-refractivity contribution in [2.24, 2.45) is 0 Å². The van der Waals surface area contributed by atoms with Crippen LogP contribution in [0.3, 0.4) is 0 Å². The number of benzene rings is 3. The monoisotopic (exact) mass is 600 g/mol. The first-order chi connectivity index (χ1) is 17.6. The average molecular weight is 602 g/mol. The second-order valence-electron chi connectivity index (χ2n) is 8.36. The van der Waals surface area contributed by atoms with Crippen molar-refractivity contribution in [1.82, 2.24) is 19.6 Å². The van der Waals surface area contributed by atoms with Crippen molar-refractivity contribution in [3.05, 3.63) is 115 Å². The maximum Gasteiger partial charge on any atom is 0.344 e. The van der Waals surface area contributed by atoms with Gasteiger partial charge in [-0.05, 0) is 35.9 Å². The lowest BCUT2D eigenvalue weighted by Gasteiger charge is -2.27. The van der Waals surface area contributed by atoms with Crippen LogP contribution in [0.2, 0.25) is 0 Å². The number of hydrogen-bond acceptors (Lipinski definition) is 6. The van der Waals surface area contributed by atoms with Gasteiger partial charge in [0, 0.05) is 14.5 Å². The van der Waals surface area contributed by atoms with Gasteiger partial charge in [-0.1, -0.05) is 74.3 Å². The van der Waals surface area contributed by atoms with E-state index in [1.165, 1.54) is 0 Å². The van der Waals surface area contributed by atoms with Crippen LogP contribution in [0, 0.1) is 0 Å². The first-order valence-electron chi connectivity index (χ1n) is 11.1. The Hall–Kier alpha value is -3.82. The third-order valence-electron chi connectivity index (χ3n) is 6.28. The summed E-state index contributed by atoms with van der Waals surface area (Å²) in [6.45, 7) is 0. The predicted molar refractivity (Wildman–Crippen MR) is 142 cm³/mol. The largest absolute Gasteiger partial charge is 0.437 e. The minimum absolute atomic E-state index is 0.376. The third kappa shape index (κ3) is 3.23. The van der Waals surface area contributed by atoms with Crippen molar-refractivity contribution in [3.8, 4) is 23.0 Å². The summed E-state index contributed by atoms with van der Waals surface area (Å²) in [7, 11) is 0. The SMILES string of the molecule is O=c1oc2ccccc2c2c1C(c1ccccc1Br)c1c(ncn3nc(-c4ccc(Br)cc4)nc13)O2. The van der Waals surface area contributed by atoms with E-state index in [-0.39, 0.29) is 0 Å².